The molecule has 0 saturated heterocycles. The molecule has 0 aliphatic heterocycles. The van der Waals surface area contributed by atoms with Crippen molar-refractivity contribution in [3.05, 3.63) is 11.6 Å². The molecule has 29 heavy (non-hydrogen) atoms. The number of hydrogen-bond donors (Lipinski definition) is 1. The summed E-state index contributed by atoms with van der Waals surface area (Å²) in [5, 5.41) is 10.2. The van der Waals surface area contributed by atoms with Crippen LogP contribution in [0.25, 0.3) is 0 Å². The molecule has 1 N–H and O–H groups in total. The number of allylic oxidation sites excluding steroid dienone is 1. The highest BCUT2D eigenvalue weighted by molar-refractivity contribution is 5.25. The Morgan fingerprint density at radius 2 is 1.83 bits per heavy atom. The second kappa shape index (κ2) is 7.99. The Balaban J connectivity index is 1.53. The lowest BCUT2D eigenvalue weighted by Crippen LogP contribution is -2.50. The minimum atomic E-state index is -0.0812. The van der Waals surface area contributed by atoms with Crippen LogP contribution >= 0.6 is 0 Å². The van der Waals surface area contributed by atoms with Crippen LogP contribution in [0.15, 0.2) is 11.6 Å². The van der Waals surface area contributed by atoms with Gasteiger partial charge in [0.1, 0.15) is 0 Å². The summed E-state index contributed by atoms with van der Waals surface area (Å²) < 4.78 is 0. The molecule has 9 atom stereocenters. The first-order valence-corrected chi connectivity index (χ1v) is 13.0. The fourth-order valence-electron chi connectivity index (χ4n) is 9.28. The molecule has 0 heterocycles. The number of hydrogen-bond acceptors (Lipinski definition) is 1. The van der Waals surface area contributed by atoms with E-state index in [4.69, 9.17) is 0 Å². The Labute approximate surface area is 181 Å². The first-order chi connectivity index (χ1) is 13.7. The third-order valence-electron chi connectivity index (χ3n) is 10.6. The second-order valence-corrected chi connectivity index (χ2v) is 12.7. The molecule has 3 saturated carbocycles. The van der Waals surface area contributed by atoms with Crippen LogP contribution < -0.4 is 0 Å². The van der Waals surface area contributed by atoms with Crippen molar-refractivity contribution in [2.45, 2.75) is 112 Å². The third kappa shape index (κ3) is 3.66. The van der Waals surface area contributed by atoms with Crippen LogP contribution in [-0.4, -0.2) is 11.2 Å². The van der Waals surface area contributed by atoms with E-state index in [0.717, 1.165) is 54.3 Å². The van der Waals surface area contributed by atoms with Gasteiger partial charge in [0.2, 0.25) is 0 Å². The summed E-state index contributed by atoms with van der Waals surface area (Å²) in [6.45, 7) is 15.2. The maximum atomic E-state index is 10.2. The van der Waals surface area contributed by atoms with Gasteiger partial charge in [0, 0.05) is 0 Å². The summed E-state index contributed by atoms with van der Waals surface area (Å²) in [4.78, 5) is 0. The number of rotatable bonds is 5. The predicted octanol–water partition coefficient (Wildman–Crippen LogP) is 7.63. The lowest BCUT2D eigenvalue weighted by atomic mass is 9.47. The van der Waals surface area contributed by atoms with Crippen molar-refractivity contribution >= 4 is 0 Å². The molecule has 0 spiro atoms. The average molecular weight is 401 g/mol. The van der Waals surface area contributed by atoms with Gasteiger partial charge >= 0.3 is 0 Å². The molecule has 0 radical (unpaired) electrons. The number of fused-ring (bicyclic) bond motifs is 5. The Bertz CT molecular complexity index is 620. The summed E-state index contributed by atoms with van der Waals surface area (Å²) in [6, 6.07) is 0. The van der Waals surface area contributed by atoms with Gasteiger partial charge in [-0.1, -0.05) is 72.5 Å². The first-order valence-electron chi connectivity index (χ1n) is 13.0. The summed E-state index contributed by atoms with van der Waals surface area (Å²) in [7, 11) is 0. The van der Waals surface area contributed by atoms with Crippen LogP contribution in [-0.2, 0) is 0 Å². The zero-order chi connectivity index (χ0) is 21.0. The van der Waals surface area contributed by atoms with Gasteiger partial charge in [0.25, 0.3) is 0 Å². The quantitative estimate of drug-likeness (QED) is 0.470. The molecule has 4 aliphatic carbocycles. The highest BCUT2D eigenvalue weighted by Crippen LogP contribution is 2.68. The molecule has 0 aromatic carbocycles. The maximum absolute atomic E-state index is 10.2. The van der Waals surface area contributed by atoms with Crippen LogP contribution in [0.2, 0.25) is 0 Å². The molecule has 1 heteroatoms. The lowest BCUT2D eigenvalue weighted by Gasteiger charge is -2.58. The lowest BCUT2D eigenvalue weighted by molar-refractivity contribution is -0.0586. The van der Waals surface area contributed by atoms with Gasteiger partial charge in [0.15, 0.2) is 0 Å². The smallest absolute Gasteiger partial charge is 0.0577 e. The molecule has 4 aliphatic rings. The maximum Gasteiger partial charge on any atom is 0.0577 e. The van der Waals surface area contributed by atoms with Crippen LogP contribution in [0.1, 0.15) is 106 Å². The van der Waals surface area contributed by atoms with Gasteiger partial charge in [-0.05, 0) is 97.2 Å². The van der Waals surface area contributed by atoms with E-state index in [1.165, 1.54) is 51.4 Å². The largest absolute Gasteiger partial charge is 0.393 e. The standard InChI is InChI=1S/C28H48O/c1-18(2)8-7-9-19(3)26-20(4)16-25-23-11-10-21-17-22(29)12-14-27(21,5)24(23)13-15-28(25,26)6/h10,18-20,22-26,29H,7-9,11-17H2,1-6H3/t19-,20?,22+,23-,24+,25+,26+,27+,28+/m1/s1. The Hall–Kier alpha value is -0.300. The van der Waals surface area contributed by atoms with Crippen molar-refractivity contribution < 1.29 is 5.11 Å². The van der Waals surface area contributed by atoms with E-state index in [1.54, 1.807) is 5.57 Å². The summed E-state index contributed by atoms with van der Waals surface area (Å²) in [5.74, 6) is 6.24. The van der Waals surface area contributed by atoms with Crippen LogP contribution in [0.5, 0.6) is 0 Å². The minimum Gasteiger partial charge on any atom is -0.393 e. The average Bonchev–Trinajstić information content (AvgIpc) is 2.92. The first kappa shape index (κ1) is 21.9. The molecule has 166 valence electrons. The fourth-order valence-corrected chi connectivity index (χ4v) is 9.28. The molecule has 3 fully saturated rings. The summed E-state index contributed by atoms with van der Waals surface area (Å²) in [6.07, 6.45) is 15.6. The van der Waals surface area contributed by atoms with Gasteiger partial charge < -0.3 is 5.11 Å². The van der Waals surface area contributed by atoms with Crippen molar-refractivity contribution in [3.63, 3.8) is 0 Å². The number of aliphatic hydroxyl groups is 1. The van der Waals surface area contributed by atoms with Crippen molar-refractivity contribution in [3.8, 4) is 0 Å². The van der Waals surface area contributed by atoms with E-state index >= 15 is 0 Å². The monoisotopic (exact) mass is 400 g/mol. The van der Waals surface area contributed by atoms with Crippen LogP contribution in [0.3, 0.4) is 0 Å². The van der Waals surface area contributed by atoms with E-state index in [9.17, 15) is 5.11 Å². The second-order valence-electron chi connectivity index (χ2n) is 12.7. The third-order valence-corrected chi connectivity index (χ3v) is 10.6. The topological polar surface area (TPSA) is 20.2 Å². The van der Waals surface area contributed by atoms with Gasteiger partial charge in [-0.3, -0.25) is 0 Å². The minimum absolute atomic E-state index is 0.0812. The fraction of sp³-hybridized carbons (Fsp3) is 0.929. The molecule has 0 aromatic rings. The van der Waals surface area contributed by atoms with E-state index in [2.05, 4.69) is 47.6 Å². The molecular formula is C28H48O. The Morgan fingerprint density at radius 1 is 1.07 bits per heavy atom. The normalized spacial score (nSPS) is 47.9. The highest BCUT2D eigenvalue weighted by atomic mass is 16.3. The predicted molar refractivity (Wildman–Crippen MR) is 124 cm³/mol. The zero-order valence-corrected chi connectivity index (χ0v) is 20.2. The molecule has 1 nitrogen and oxygen atoms in total. The molecule has 0 bridgehead atoms. The summed E-state index contributed by atoms with van der Waals surface area (Å²) in [5.41, 5.74) is 2.56. The zero-order valence-electron chi connectivity index (χ0n) is 20.2. The molecule has 1 unspecified atom stereocenters. The highest BCUT2D eigenvalue weighted by Gasteiger charge is 2.60. The van der Waals surface area contributed by atoms with Crippen LogP contribution in [0.4, 0.5) is 0 Å². The van der Waals surface area contributed by atoms with Gasteiger partial charge in [-0.2, -0.15) is 0 Å². The van der Waals surface area contributed by atoms with Crippen molar-refractivity contribution in [2.24, 2.45) is 52.3 Å². The molecule has 0 amide bonds. The van der Waals surface area contributed by atoms with E-state index in [1.807, 2.05) is 0 Å². The van der Waals surface area contributed by atoms with Gasteiger partial charge in [-0.25, -0.2) is 0 Å². The molecule has 0 aromatic heterocycles. The van der Waals surface area contributed by atoms with Crippen molar-refractivity contribution in [1.82, 2.24) is 0 Å². The SMILES string of the molecule is CC(C)CCC[C@@H](C)[C@H]1C(C)C[C@H]2[C@@H]3CC=C4C[C@@H](O)CC[C@]4(C)[C@H]3CC[C@]12C. The molecular weight excluding hydrogens is 352 g/mol. The van der Waals surface area contributed by atoms with Gasteiger partial charge in [-0.15, -0.1) is 0 Å². The Morgan fingerprint density at radius 3 is 2.55 bits per heavy atom. The Kier molecular flexibility index (Phi) is 6.04. The van der Waals surface area contributed by atoms with Crippen LogP contribution in [0, 0.1) is 52.3 Å². The van der Waals surface area contributed by atoms with Gasteiger partial charge in [0.05, 0.1) is 6.10 Å². The van der Waals surface area contributed by atoms with E-state index in [-0.39, 0.29) is 6.10 Å². The number of aliphatic hydroxyl groups excluding tert-OH is 1. The van der Waals surface area contributed by atoms with E-state index in [0.29, 0.717) is 10.8 Å². The van der Waals surface area contributed by atoms with E-state index < -0.39 is 0 Å². The molecule has 4 rings (SSSR count). The van der Waals surface area contributed by atoms with Crippen molar-refractivity contribution in [1.29, 1.82) is 0 Å². The van der Waals surface area contributed by atoms with Crippen molar-refractivity contribution in [2.75, 3.05) is 0 Å². The summed E-state index contributed by atoms with van der Waals surface area (Å²) >= 11 is 0.